The van der Waals surface area contributed by atoms with E-state index in [1.807, 2.05) is 20.8 Å². The Morgan fingerprint density at radius 2 is 2.16 bits per heavy atom. The maximum atomic E-state index is 12.0. The number of ether oxygens (including phenoxy) is 1. The van der Waals surface area contributed by atoms with Crippen molar-refractivity contribution in [3.8, 4) is 5.75 Å². The number of carbonyl (C=O) groups is 1. The summed E-state index contributed by atoms with van der Waals surface area (Å²) in [6, 6.07) is 4.58. The highest BCUT2D eigenvalue weighted by Gasteiger charge is 2.18. The number of nitrogens with one attached hydrogen (secondary N) is 1. The van der Waals surface area contributed by atoms with Crippen molar-refractivity contribution < 1.29 is 9.53 Å². The number of anilines is 1. The second-order valence-electron chi connectivity index (χ2n) is 4.75. The van der Waals surface area contributed by atoms with Crippen molar-refractivity contribution in [2.45, 2.75) is 33.2 Å². The summed E-state index contributed by atoms with van der Waals surface area (Å²) < 4.78 is 5.57. The van der Waals surface area contributed by atoms with Crippen molar-refractivity contribution in [2.75, 3.05) is 11.9 Å². The standard InChI is InChI=1S/C14H21ClN2O2/c1-4-7-19-12-6-5-10(15)8-11(12)17-14(18)13(16)9(2)3/h5-6,8-9,13H,4,7,16H2,1-3H3,(H,17,18)/t13-/m1/s1. The minimum atomic E-state index is -0.557. The van der Waals surface area contributed by atoms with Crippen LogP contribution in [0.1, 0.15) is 27.2 Å². The van der Waals surface area contributed by atoms with Crippen LogP contribution in [0.4, 0.5) is 5.69 Å². The second-order valence-corrected chi connectivity index (χ2v) is 5.18. The largest absolute Gasteiger partial charge is 0.491 e. The van der Waals surface area contributed by atoms with Gasteiger partial charge in [0.1, 0.15) is 5.75 Å². The van der Waals surface area contributed by atoms with Crippen LogP contribution in [0.5, 0.6) is 5.75 Å². The lowest BCUT2D eigenvalue weighted by atomic mass is 10.0. The molecule has 0 saturated heterocycles. The summed E-state index contributed by atoms with van der Waals surface area (Å²) in [4.78, 5) is 12.0. The number of carbonyl (C=O) groups excluding carboxylic acids is 1. The molecule has 1 amide bonds. The average Bonchev–Trinajstić information content (AvgIpc) is 2.36. The highest BCUT2D eigenvalue weighted by molar-refractivity contribution is 6.31. The van der Waals surface area contributed by atoms with Gasteiger partial charge in [-0.05, 0) is 30.5 Å². The Hall–Kier alpha value is -1.26. The molecule has 0 aliphatic heterocycles. The lowest BCUT2D eigenvalue weighted by molar-refractivity contribution is -0.118. The normalized spacial score (nSPS) is 12.3. The third-order valence-corrected chi connectivity index (χ3v) is 2.92. The van der Waals surface area contributed by atoms with Crippen molar-refractivity contribution in [1.29, 1.82) is 0 Å². The summed E-state index contributed by atoms with van der Waals surface area (Å²) in [5.74, 6) is 0.438. The molecular formula is C14H21ClN2O2. The molecule has 0 unspecified atom stereocenters. The van der Waals surface area contributed by atoms with E-state index < -0.39 is 6.04 Å². The van der Waals surface area contributed by atoms with E-state index >= 15 is 0 Å². The topological polar surface area (TPSA) is 64.3 Å². The molecule has 1 rings (SSSR count). The fourth-order valence-corrected chi connectivity index (χ4v) is 1.63. The highest BCUT2D eigenvalue weighted by Crippen LogP contribution is 2.28. The third kappa shape index (κ3) is 4.73. The Morgan fingerprint density at radius 3 is 2.74 bits per heavy atom. The van der Waals surface area contributed by atoms with Crippen LogP contribution in [0.25, 0.3) is 0 Å². The molecule has 19 heavy (non-hydrogen) atoms. The molecule has 106 valence electrons. The van der Waals surface area contributed by atoms with Crippen LogP contribution in [-0.2, 0) is 4.79 Å². The van der Waals surface area contributed by atoms with Gasteiger partial charge >= 0.3 is 0 Å². The van der Waals surface area contributed by atoms with E-state index in [-0.39, 0.29) is 11.8 Å². The average molecular weight is 285 g/mol. The zero-order chi connectivity index (χ0) is 14.4. The summed E-state index contributed by atoms with van der Waals surface area (Å²) in [6.45, 7) is 6.40. The smallest absolute Gasteiger partial charge is 0.241 e. The Labute approximate surface area is 119 Å². The molecule has 4 nitrogen and oxygen atoms in total. The van der Waals surface area contributed by atoms with Gasteiger partial charge in [-0.2, -0.15) is 0 Å². The number of nitrogens with two attached hydrogens (primary N) is 1. The maximum Gasteiger partial charge on any atom is 0.241 e. The Bertz CT molecular complexity index is 435. The quantitative estimate of drug-likeness (QED) is 0.844. The fourth-order valence-electron chi connectivity index (χ4n) is 1.46. The number of hydrogen-bond donors (Lipinski definition) is 2. The first-order valence-corrected chi connectivity index (χ1v) is 6.82. The summed E-state index contributed by atoms with van der Waals surface area (Å²) in [6.07, 6.45) is 0.890. The van der Waals surface area contributed by atoms with Crippen molar-refractivity contribution in [3.05, 3.63) is 23.2 Å². The lowest BCUT2D eigenvalue weighted by Gasteiger charge is -2.17. The van der Waals surface area contributed by atoms with Gasteiger partial charge in [0.2, 0.25) is 5.91 Å². The van der Waals surface area contributed by atoms with Gasteiger partial charge in [0.25, 0.3) is 0 Å². The molecule has 0 heterocycles. The predicted octanol–water partition coefficient (Wildman–Crippen LogP) is 3.05. The molecule has 5 heteroatoms. The molecule has 1 aromatic carbocycles. The molecular weight excluding hydrogens is 264 g/mol. The van der Waals surface area contributed by atoms with E-state index in [9.17, 15) is 4.79 Å². The molecule has 3 N–H and O–H groups in total. The molecule has 0 fully saturated rings. The van der Waals surface area contributed by atoms with Crippen LogP contribution in [0.2, 0.25) is 5.02 Å². The first-order chi connectivity index (χ1) is 8.95. The van der Waals surface area contributed by atoms with Crippen LogP contribution in [-0.4, -0.2) is 18.6 Å². The highest BCUT2D eigenvalue weighted by atomic mass is 35.5. The van der Waals surface area contributed by atoms with Crippen LogP contribution in [0, 0.1) is 5.92 Å². The first-order valence-electron chi connectivity index (χ1n) is 6.44. The van der Waals surface area contributed by atoms with E-state index in [2.05, 4.69) is 5.32 Å². The zero-order valence-corrected chi connectivity index (χ0v) is 12.3. The number of hydrogen-bond acceptors (Lipinski definition) is 3. The van der Waals surface area contributed by atoms with Crippen LogP contribution in [0.3, 0.4) is 0 Å². The molecule has 1 aromatic rings. The van der Waals surface area contributed by atoms with E-state index in [1.54, 1.807) is 18.2 Å². The van der Waals surface area contributed by atoms with Gasteiger partial charge in [-0.25, -0.2) is 0 Å². The van der Waals surface area contributed by atoms with Gasteiger partial charge in [-0.3, -0.25) is 4.79 Å². The summed E-state index contributed by atoms with van der Waals surface area (Å²) >= 11 is 5.94. The molecule has 0 aliphatic rings. The van der Waals surface area contributed by atoms with Gasteiger partial charge in [-0.1, -0.05) is 32.4 Å². The molecule has 0 radical (unpaired) electrons. The monoisotopic (exact) mass is 284 g/mol. The molecule has 0 aromatic heterocycles. The van der Waals surface area contributed by atoms with Crippen molar-refractivity contribution in [3.63, 3.8) is 0 Å². The Kier molecular flexibility index (Phi) is 6.12. The molecule has 1 atom stereocenters. The van der Waals surface area contributed by atoms with E-state index in [1.165, 1.54) is 0 Å². The fraction of sp³-hybridized carbons (Fsp3) is 0.500. The van der Waals surface area contributed by atoms with Crippen LogP contribution < -0.4 is 15.8 Å². The summed E-state index contributed by atoms with van der Waals surface area (Å²) in [5.41, 5.74) is 6.37. The molecule has 0 bridgehead atoms. The Balaban J connectivity index is 2.86. The third-order valence-electron chi connectivity index (χ3n) is 2.68. The van der Waals surface area contributed by atoms with Gasteiger partial charge in [-0.15, -0.1) is 0 Å². The molecule has 0 aliphatic carbocycles. The second kappa shape index (κ2) is 7.36. The van der Waals surface area contributed by atoms with Crippen LogP contribution in [0.15, 0.2) is 18.2 Å². The van der Waals surface area contributed by atoms with Gasteiger partial charge in [0, 0.05) is 5.02 Å². The van der Waals surface area contributed by atoms with Gasteiger partial charge in [0.15, 0.2) is 0 Å². The van der Waals surface area contributed by atoms with Gasteiger partial charge < -0.3 is 15.8 Å². The lowest BCUT2D eigenvalue weighted by Crippen LogP contribution is -2.39. The van der Waals surface area contributed by atoms with Crippen molar-refractivity contribution in [2.24, 2.45) is 11.7 Å². The van der Waals surface area contributed by atoms with Crippen LogP contribution >= 0.6 is 11.6 Å². The minimum Gasteiger partial charge on any atom is -0.491 e. The number of halogens is 1. The number of benzene rings is 1. The molecule has 0 saturated carbocycles. The van der Waals surface area contributed by atoms with Crippen molar-refractivity contribution >= 4 is 23.2 Å². The van der Waals surface area contributed by atoms with E-state index in [0.29, 0.717) is 23.1 Å². The zero-order valence-electron chi connectivity index (χ0n) is 11.6. The Morgan fingerprint density at radius 1 is 1.47 bits per heavy atom. The van der Waals surface area contributed by atoms with E-state index in [4.69, 9.17) is 22.1 Å². The number of amides is 1. The summed E-state index contributed by atoms with van der Waals surface area (Å²) in [7, 11) is 0. The minimum absolute atomic E-state index is 0.0687. The predicted molar refractivity (Wildman–Crippen MR) is 78.7 cm³/mol. The first kappa shape index (κ1) is 15.8. The van der Waals surface area contributed by atoms with E-state index in [0.717, 1.165) is 6.42 Å². The summed E-state index contributed by atoms with van der Waals surface area (Å²) in [5, 5.41) is 3.31. The maximum absolute atomic E-state index is 12.0. The number of rotatable bonds is 6. The SMILES string of the molecule is CCCOc1ccc(Cl)cc1NC(=O)[C@H](N)C(C)C. The molecule has 0 spiro atoms. The van der Waals surface area contributed by atoms with Gasteiger partial charge in [0.05, 0.1) is 18.3 Å². The van der Waals surface area contributed by atoms with Crippen molar-refractivity contribution in [1.82, 2.24) is 0 Å².